The molecule has 1 saturated carbocycles. The van der Waals surface area contributed by atoms with Gasteiger partial charge in [-0.25, -0.2) is 4.98 Å². The van der Waals surface area contributed by atoms with Crippen LogP contribution in [-0.4, -0.2) is 31.8 Å². The number of nitrogens with zero attached hydrogens (tertiary/aromatic N) is 4. The molecule has 0 amide bonds. The molecule has 1 aliphatic rings. The maximum Gasteiger partial charge on any atom is 0.145 e. The number of aromatic nitrogens is 3. The van der Waals surface area contributed by atoms with E-state index in [2.05, 4.69) is 39.1 Å². The zero-order valence-electron chi connectivity index (χ0n) is 19.2. The Kier molecular flexibility index (Phi) is 5.40. The number of fused-ring (bicyclic) bond motifs is 2. The summed E-state index contributed by atoms with van der Waals surface area (Å²) in [4.78, 5) is 9.33. The van der Waals surface area contributed by atoms with Crippen molar-refractivity contribution in [1.29, 1.82) is 5.26 Å². The van der Waals surface area contributed by atoms with Crippen molar-refractivity contribution in [2.45, 2.75) is 37.8 Å². The van der Waals surface area contributed by atoms with Gasteiger partial charge in [-0.05, 0) is 73.7 Å². The second-order valence-electron chi connectivity index (χ2n) is 9.19. The van der Waals surface area contributed by atoms with E-state index in [1.165, 1.54) is 0 Å². The van der Waals surface area contributed by atoms with Gasteiger partial charge in [0, 0.05) is 46.7 Å². The highest BCUT2D eigenvalue weighted by atomic mass is 16.3. The van der Waals surface area contributed by atoms with Gasteiger partial charge in [-0.2, -0.15) is 5.26 Å². The Morgan fingerprint density at radius 3 is 2.69 bits per heavy atom. The molecule has 3 heterocycles. The maximum atomic E-state index is 9.83. The standard InChI is InChI=1S/C29H25N5O/c30-17-20-5-8-23(16-28(20)33-22-6-9-24(35)10-7-22)34-14-12-26-25(11-13-31-29(26)34)21-15-19-3-1-2-4-27(19)32-18-21/h1-5,8,11-16,18,22,24,33,35H,6-7,9-10H2. The zero-order valence-corrected chi connectivity index (χ0v) is 19.2. The van der Waals surface area contributed by atoms with Crippen LogP contribution in [0.1, 0.15) is 31.2 Å². The molecule has 1 fully saturated rings. The third-order valence-corrected chi connectivity index (χ3v) is 6.95. The molecule has 0 saturated heterocycles. The van der Waals surface area contributed by atoms with Crippen LogP contribution in [-0.2, 0) is 0 Å². The minimum atomic E-state index is -0.209. The fourth-order valence-corrected chi connectivity index (χ4v) is 5.06. The molecule has 0 atom stereocenters. The second-order valence-corrected chi connectivity index (χ2v) is 9.19. The fraction of sp³-hybridized carbons (Fsp3) is 0.207. The largest absolute Gasteiger partial charge is 0.393 e. The van der Waals surface area contributed by atoms with Crippen LogP contribution in [0.2, 0.25) is 0 Å². The molecule has 3 aromatic heterocycles. The van der Waals surface area contributed by atoms with E-state index >= 15 is 0 Å². The van der Waals surface area contributed by atoms with Crippen molar-refractivity contribution >= 4 is 27.6 Å². The number of nitriles is 1. The molecular formula is C29H25N5O. The highest BCUT2D eigenvalue weighted by Crippen LogP contribution is 2.32. The Balaban J connectivity index is 1.39. The molecule has 6 heteroatoms. The van der Waals surface area contributed by atoms with Gasteiger partial charge < -0.3 is 15.0 Å². The lowest BCUT2D eigenvalue weighted by Gasteiger charge is -2.27. The molecule has 35 heavy (non-hydrogen) atoms. The van der Waals surface area contributed by atoms with E-state index in [0.29, 0.717) is 5.56 Å². The van der Waals surface area contributed by atoms with Crippen LogP contribution in [0.25, 0.3) is 38.8 Å². The summed E-state index contributed by atoms with van der Waals surface area (Å²) < 4.78 is 2.06. The highest BCUT2D eigenvalue weighted by Gasteiger charge is 2.20. The molecule has 0 aliphatic heterocycles. The Morgan fingerprint density at radius 1 is 0.971 bits per heavy atom. The van der Waals surface area contributed by atoms with Gasteiger partial charge in [-0.1, -0.05) is 18.2 Å². The van der Waals surface area contributed by atoms with Crippen LogP contribution in [0.3, 0.4) is 0 Å². The van der Waals surface area contributed by atoms with Crippen LogP contribution in [0, 0.1) is 11.3 Å². The summed E-state index contributed by atoms with van der Waals surface area (Å²) in [6, 6.07) is 22.8. The van der Waals surface area contributed by atoms with Crippen LogP contribution in [0.15, 0.2) is 79.3 Å². The van der Waals surface area contributed by atoms with Gasteiger partial charge in [0.1, 0.15) is 11.7 Å². The van der Waals surface area contributed by atoms with Crippen molar-refractivity contribution in [3.8, 4) is 22.9 Å². The maximum absolute atomic E-state index is 9.83. The number of pyridine rings is 2. The van der Waals surface area contributed by atoms with Crippen molar-refractivity contribution in [2.24, 2.45) is 0 Å². The van der Waals surface area contributed by atoms with Crippen LogP contribution in [0.5, 0.6) is 0 Å². The average molecular weight is 460 g/mol. The number of anilines is 1. The number of nitrogens with one attached hydrogen (secondary N) is 1. The topological polar surface area (TPSA) is 86.8 Å². The molecule has 1 aliphatic carbocycles. The van der Waals surface area contributed by atoms with Crippen LogP contribution < -0.4 is 5.32 Å². The lowest BCUT2D eigenvalue weighted by Crippen LogP contribution is -2.28. The summed E-state index contributed by atoms with van der Waals surface area (Å²) in [6.07, 6.45) is 8.94. The number of para-hydroxylation sites is 1. The fourth-order valence-electron chi connectivity index (χ4n) is 5.06. The molecule has 6 nitrogen and oxygen atoms in total. The molecule has 5 aromatic rings. The molecule has 0 spiro atoms. The molecule has 0 bridgehead atoms. The monoisotopic (exact) mass is 459 g/mol. The van der Waals surface area contributed by atoms with E-state index in [0.717, 1.165) is 70.1 Å². The number of aliphatic hydroxyl groups is 1. The molecular weight excluding hydrogens is 434 g/mol. The molecule has 0 radical (unpaired) electrons. The molecule has 0 unspecified atom stereocenters. The smallest absolute Gasteiger partial charge is 0.145 e. The van der Waals surface area contributed by atoms with Gasteiger partial charge in [0.05, 0.1) is 22.9 Å². The normalized spacial score (nSPS) is 17.9. The summed E-state index contributed by atoms with van der Waals surface area (Å²) >= 11 is 0. The third kappa shape index (κ3) is 4.01. The Bertz CT molecular complexity index is 1570. The Labute approximate surface area is 203 Å². The quantitative estimate of drug-likeness (QED) is 0.353. The average Bonchev–Trinajstić information content (AvgIpc) is 3.34. The summed E-state index contributed by atoms with van der Waals surface area (Å²) in [6.45, 7) is 0. The van der Waals surface area contributed by atoms with Gasteiger partial charge >= 0.3 is 0 Å². The van der Waals surface area contributed by atoms with Gasteiger partial charge in [0.2, 0.25) is 0 Å². The summed E-state index contributed by atoms with van der Waals surface area (Å²) in [7, 11) is 0. The third-order valence-electron chi connectivity index (χ3n) is 6.95. The minimum Gasteiger partial charge on any atom is -0.393 e. The minimum absolute atomic E-state index is 0.209. The predicted molar refractivity (Wildman–Crippen MR) is 138 cm³/mol. The van der Waals surface area contributed by atoms with Gasteiger partial charge in [-0.15, -0.1) is 0 Å². The van der Waals surface area contributed by atoms with Gasteiger partial charge in [0.15, 0.2) is 0 Å². The van der Waals surface area contributed by atoms with Crippen molar-refractivity contribution < 1.29 is 5.11 Å². The highest BCUT2D eigenvalue weighted by molar-refractivity contribution is 5.96. The van der Waals surface area contributed by atoms with Gasteiger partial charge in [-0.3, -0.25) is 4.98 Å². The lowest BCUT2D eigenvalue weighted by atomic mass is 9.93. The number of rotatable bonds is 4. The lowest BCUT2D eigenvalue weighted by molar-refractivity contribution is 0.126. The first-order valence-electron chi connectivity index (χ1n) is 12.0. The van der Waals surface area contributed by atoms with Gasteiger partial charge in [0.25, 0.3) is 0 Å². The molecule has 6 rings (SSSR count). The SMILES string of the molecule is N#Cc1ccc(-n2ccc3c(-c4cnc5ccccc5c4)ccnc32)cc1NC1CCC(O)CC1. The summed E-state index contributed by atoms with van der Waals surface area (Å²) in [5.41, 5.74) is 6.35. The number of hydrogen-bond acceptors (Lipinski definition) is 5. The van der Waals surface area contributed by atoms with E-state index in [1.807, 2.05) is 61.1 Å². The van der Waals surface area contributed by atoms with E-state index in [9.17, 15) is 10.4 Å². The number of hydrogen-bond donors (Lipinski definition) is 2. The van der Waals surface area contributed by atoms with Crippen molar-refractivity contribution in [1.82, 2.24) is 14.5 Å². The van der Waals surface area contributed by atoms with E-state index in [-0.39, 0.29) is 12.1 Å². The van der Waals surface area contributed by atoms with E-state index < -0.39 is 0 Å². The summed E-state index contributed by atoms with van der Waals surface area (Å²) in [5, 5.41) is 25.2. The Morgan fingerprint density at radius 2 is 1.83 bits per heavy atom. The first-order chi connectivity index (χ1) is 17.2. The van der Waals surface area contributed by atoms with Crippen molar-refractivity contribution in [3.63, 3.8) is 0 Å². The first-order valence-corrected chi connectivity index (χ1v) is 12.0. The predicted octanol–water partition coefficient (Wildman–Crippen LogP) is 5.83. The van der Waals surface area contributed by atoms with E-state index in [4.69, 9.17) is 4.98 Å². The number of aliphatic hydroxyl groups excluding tert-OH is 1. The van der Waals surface area contributed by atoms with Crippen LogP contribution >= 0.6 is 0 Å². The van der Waals surface area contributed by atoms with Crippen molar-refractivity contribution in [2.75, 3.05) is 5.32 Å². The molecule has 2 aromatic carbocycles. The van der Waals surface area contributed by atoms with Crippen LogP contribution in [0.4, 0.5) is 5.69 Å². The Hall–Kier alpha value is -4.21. The zero-order chi connectivity index (χ0) is 23.8. The number of benzene rings is 2. The molecule has 2 N–H and O–H groups in total. The second kappa shape index (κ2) is 8.86. The molecule has 172 valence electrons. The first kappa shape index (κ1) is 21.3. The summed E-state index contributed by atoms with van der Waals surface area (Å²) in [5.74, 6) is 0. The van der Waals surface area contributed by atoms with Crippen molar-refractivity contribution in [3.05, 3.63) is 84.8 Å². The van der Waals surface area contributed by atoms with E-state index in [1.54, 1.807) is 0 Å².